The molecule has 3 heteroatoms. The maximum absolute atomic E-state index is 3.61. The number of aryl methyl sites for hydroxylation is 1. The first-order chi connectivity index (χ1) is 9.81. The van der Waals surface area contributed by atoms with Crippen molar-refractivity contribution in [1.29, 1.82) is 0 Å². The molecule has 0 saturated carbocycles. The van der Waals surface area contributed by atoms with Crippen LogP contribution in [0.3, 0.4) is 0 Å². The fraction of sp³-hybridized carbons (Fsp3) is 0.647. The van der Waals surface area contributed by atoms with Crippen molar-refractivity contribution in [3.05, 3.63) is 35.4 Å². The SMILES string of the molecule is Cc1ccccc1CN1CCN(CC2CCCN2)CC1. The zero-order valence-electron chi connectivity index (χ0n) is 12.6. The molecule has 0 spiro atoms. The second kappa shape index (κ2) is 6.70. The van der Waals surface area contributed by atoms with E-state index in [1.54, 1.807) is 0 Å². The minimum Gasteiger partial charge on any atom is -0.313 e. The molecule has 3 rings (SSSR count). The van der Waals surface area contributed by atoms with E-state index in [4.69, 9.17) is 0 Å². The molecular formula is C17H27N3. The molecule has 1 aromatic rings. The number of nitrogens with zero attached hydrogens (tertiary/aromatic N) is 2. The smallest absolute Gasteiger partial charge is 0.0237 e. The third kappa shape index (κ3) is 3.60. The molecule has 0 radical (unpaired) electrons. The average molecular weight is 273 g/mol. The first-order valence-electron chi connectivity index (χ1n) is 8.04. The van der Waals surface area contributed by atoms with Gasteiger partial charge in [0.2, 0.25) is 0 Å². The van der Waals surface area contributed by atoms with Crippen molar-refractivity contribution in [2.45, 2.75) is 32.4 Å². The second-order valence-electron chi connectivity index (χ2n) is 6.30. The molecule has 2 aliphatic rings. The van der Waals surface area contributed by atoms with Gasteiger partial charge in [-0.1, -0.05) is 24.3 Å². The molecule has 2 saturated heterocycles. The normalized spacial score (nSPS) is 25.1. The molecule has 1 aromatic carbocycles. The molecule has 2 heterocycles. The molecule has 0 aliphatic carbocycles. The highest BCUT2D eigenvalue weighted by Crippen LogP contribution is 2.13. The number of rotatable bonds is 4. The van der Waals surface area contributed by atoms with Crippen molar-refractivity contribution in [2.75, 3.05) is 39.3 Å². The largest absolute Gasteiger partial charge is 0.313 e. The molecule has 1 atom stereocenters. The van der Waals surface area contributed by atoms with Gasteiger partial charge >= 0.3 is 0 Å². The molecule has 0 bridgehead atoms. The Hall–Kier alpha value is -0.900. The van der Waals surface area contributed by atoms with Crippen LogP contribution in [0.25, 0.3) is 0 Å². The van der Waals surface area contributed by atoms with Crippen LogP contribution in [0.5, 0.6) is 0 Å². The number of benzene rings is 1. The fourth-order valence-electron chi connectivity index (χ4n) is 3.38. The molecule has 20 heavy (non-hydrogen) atoms. The average Bonchev–Trinajstić information content (AvgIpc) is 2.96. The Kier molecular flexibility index (Phi) is 4.71. The van der Waals surface area contributed by atoms with Gasteiger partial charge in [0.05, 0.1) is 0 Å². The van der Waals surface area contributed by atoms with E-state index >= 15 is 0 Å². The summed E-state index contributed by atoms with van der Waals surface area (Å²) in [5.41, 5.74) is 2.91. The van der Waals surface area contributed by atoms with E-state index in [0.717, 1.165) is 12.6 Å². The van der Waals surface area contributed by atoms with Crippen LogP contribution in [0.1, 0.15) is 24.0 Å². The molecule has 2 fully saturated rings. The lowest BCUT2D eigenvalue weighted by Crippen LogP contribution is -2.49. The summed E-state index contributed by atoms with van der Waals surface area (Å²) in [6.07, 6.45) is 2.72. The van der Waals surface area contributed by atoms with Gasteiger partial charge in [0.15, 0.2) is 0 Å². The van der Waals surface area contributed by atoms with Crippen LogP contribution in [0.15, 0.2) is 24.3 Å². The summed E-state index contributed by atoms with van der Waals surface area (Å²) in [7, 11) is 0. The Morgan fingerprint density at radius 2 is 1.85 bits per heavy atom. The minimum atomic E-state index is 0.748. The fourth-order valence-corrected chi connectivity index (χ4v) is 3.38. The van der Waals surface area contributed by atoms with E-state index in [1.165, 1.54) is 63.2 Å². The van der Waals surface area contributed by atoms with Crippen LogP contribution < -0.4 is 5.32 Å². The van der Waals surface area contributed by atoms with Crippen molar-refractivity contribution in [2.24, 2.45) is 0 Å². The summed E-state index contributed by atoms with van der Waals surface area (Å²) >= 11 is 0. The van der Waals surface area contributed by atoms with Crippen molar-refractivity contribution in [1.82, 2.24) is 15.1 Å². The van der Waals surface area contributed by atoms with Gasteiger partial charge < -0.3 is 5.32 Å². The number of hydrogen-bond donors (Lipinski definition) is 1. The van der Waals surface area contributed by atoms with E-state index in [1.807, 2.05) is 0 Å². The monoisotopic (exact) mass is 273 g/mol. The Morgan fingerprint density at radius 1 is 1.10 bits per heavy atom. The summed E-state index contributed by atoms with van der Waals surface area (Å²) in [6.45, 7) is 10.7. The van der Waals surface area contributed by atoms with Gasteiger partial charge in [-0.2, -0.15) is 0 Å². The van der Waals surface area contributed by atoms with Crippen molar-refractivity contribution >= 4 is 0 Å². The zero-order chi connectivity index (χ0) is 13.8. The molecule has 1 N–H and O–H groups in total. The standard InChI is InChI=1S/C17H27N3/c1-15-5-2-3-6-16(15)13-19-9-11-20(12-10-19)14-17-7-4-8-18-17/h2-3,5-6,17-18H,4,7-14H2,1H3. The third-order valence-electron chi connectivity index (χ3n) is 4.76. The van der Waals surface area contributed by atoms with Crippen molar-refractivity contribution < 1.29 is 0 Å². The van der Waals surface area contributed by atoms with Crippen molar-refractivity contribution in [3.63, 3.8) is 0 Å². The summed E-state index contributed by atoms with van der Waals surface area (Å²) < 4.78 is 0. The number of hydrogen-bond acceptors (Lipinski definition) is 3. The Bertz CT molecular complexity index is 418. The van der Waals surface area contributed by atoms with Gasteiger partial charge in [-0.3, -0.25) is 9.80 Å². The van der Waals surface area contributed by atoms with Gasteiger partial charge in [-0.05, 0) is 37.4 Å². The highest BCUT2D eigenvalue weighted by Gasteiger charge is 2.21. The summed E-state index contributed by atoms with van der Waals surface area (Å²) in [4.78, 5) is 5.23. The van der Waals surface area contributed by atoms with E-state index in [9.17, 15) is 0 Å². The summed E-state index contributed by atoms with van der Waals surface area (Å²) in [5, 5.41) is 3.61. The van der Waals surface area contributed by atoms with Crippen LogP contribution in [0.4, 0.5) is 0 Å². The Morgan fingerprint density at radius 3 is 2.55 bits per heavy atom. The van der Waals surface area contributed by atoms with Gasteiger partial charge in [0.1, 0.15) is 0 Å². The maximum atomic E-state index is 3.61. The van der Waals surface area contributed by atoms with E-state index in [2.05, 4.69) is 46.3 Å². The van der Waals surface area contributed by atoms with Gasteiger partial charge in [0, 0.05) is 45.3 Å². The Balaban J connectivity index is 1.45. The van der Waals surface area contributed by atoms with Gasteiger partial charge in [0.25, 0.3) is 0 Å². The van der Waals surface area contributed by atoms with Crippen LogP contribution in [-0.4, -0.2) is 55.1 Å². The van der Waals surface area contributed by atoms with Crippen molar-refractivity contribution in [3.8, 4) is 0 Å². The second-order valence-corrected chi connectivity index (χ2v) is 6.30. The maximum Gasteiger partial charge on any atom is 0.0237 e. The number of piperazine rings is 1. The van der Waals surface area contributed by atoms with Crippen LogP contribution >= 0.6 is 0 Å². The van der Waals surface area contributed by atoms with Crippen LogP contribution in [-0.2, 0) is 6.54 Å². The molecule has 0 amide bonds. The quantitative estimate of drug-likeness (QED) is 0.903. The predicted molar refractivity (Wildman–Crippen MR) is 83.9 cm³/mol. The highest BCUT2D eigenvalue weighted by molar-refractivity contribution is 5.25. The van der Waals surface area contributed by atoms with E-state index < -0.39 is 0 Å². The van der Waals surface area contributed by atoms with Crippen LogP contribution in [0, 0.1) is 6.92 Å². The molecular weight excluding hydrogens is 246 g/mol. The first-order valence-corrected chi connectivity index (χ1v) is 8.04. The van der Waals surface area contributed by atoms with E-state index in [-0.39, 0.29) is 0 Å². The lowest BCUT2D eigenvalue weighted by molar-refractivity contribution is 0.120. The first kappa shape index (κ1) is 14.1. The minimum absolute atomic E-state index is 0.748. The number of nitrogens with one attached hydrogen (secondary N) is 1. The summed E-state index contributed by atoms with van der Waals surface area (Å²) in [5.74, 6) is 0. The molecule has 1 unspecified atom stereocenters. The molecule has 3 nitrogen and oxygen atoms in total. The van der Waals surface area contributed by atoms with Gasteiger partial charge in [-0.15, -0.1) is 0 Å². The van der Waals surface area contributed by atoms with Gasteiger partial charge in [-0.25, -0.2) is 0 Å². The topological polar surface area (TPSA) is 18.5 Å². The highest BCUT2D eigenvalue weighted by atomic mass is 15.3. The van der Waals surface area contributed by atoms with E-state index in [0.29, 0.717) is 0 Å². The summed E-state index contributed by atoms with van der Waals surface area (Å²) in [6, 6.07) is 9.52. The Labute approximate surface area is 123 Å². The third-order valence-corrected chi connectivity index (χ3v) is 4.76. The zero-order valence-corrected chi connectivity index (χ0v) is 12.6. The van der Waals surface area contributed by atoms with Crippen LogP contribution in [0.2, 0.25) is 0 Å². The predicted octanol–water partition coefficient (Wildman–Crippen LogP) is 1.86. The lowest BCUT2D eigenvalue weighted by atomic mass is 10.1. The molecule has 0 aromatic heterocycles. The lowest BCUT2D eigenvalue weighted by Gasteiger charge is -2.36. The molecule has 2 aliphatic heterocycles. The molecule has 110 valence electrons.